The Bertz CT molecular complexity index is 576. The molecule has 11 heteroatoms. The lowest BCUT2D eigenvalue weighted by molar-refractivity contribution is -0.143. The fourth-order valence-electron chi connectivity index (χ4n) is 2.59. The van der Waals surface area contributed by atoms with Crippen LogP contribution in [0.25, 0.3) is 0 Å². The molecule has 3 amide bonds. The SMILES string of the molecule is CSCCC(N)C(=O)NC(C)C(=O)NC(CCCCN)C(=O)NC(C(=O)O)C(C)C. The van der Waals surface area contributed by atoms with Crippen LogP contribution in [0.5, 0.6) is 0 Å². The summed E-state index contributed by atoms with van der Waals surface area (Å²) in [6.07, 6.45) is 3.92. The molecule has 0 aromatic rings. The molecule has 0 heterocycles. The third-order valence-electron chi connectivity index (χ3n) is 4.53. The number of hydrogen-bond donors (Lipinski definition) is 6. The highest BCUT2D eigenvalue weighted by molar-refractivity contribution is 7.98. The molecule has 0 spiro atoms. The third-order valence-corrected chi connectivity index (χ3v) is 5.18. The highest BCUT2D eigenvalue weighted by Gasteiger charge is 2.29. The van der Waals surface area contributed by atoms with E-state index in [-0.39, 0.29) is 5.92 Å². The lowest BCUT2D eigenvalue weighted by Gasteiger charge is -2.25. The summed E-state index contributed by atoms with van der Waals surface area (Å²) in [6, 6.07) is -3.63. The van der Waals surface area contributed by atoms with Crippen molar-refractivity contribution < 1.29 is 24.3 Å². The Balaban J connectivity index is 5.04. The van der Waals surface area contributed by atoms with E-state index in [1.807, 2.05) is 6.26 Å². The number of unbranched alkanes of at least 4 members (excludes halogenated alkanes) is 1. The van der Waals surface area contributed by atoms with Crippen molar-refractivity contribution in [2.24, 2.45) is 17.4 Å². The third kappa shape index (κ3) is 10.8. The van der Waals surface area contributed by atoms with E-state index in [0.717, 1.165) is 5.75 Å². The van der Waals surface area contributed by atoms with Crippen molar-refractivity contribution in [2.75, 3.05) is 18.6 Å². The quantitative estimate of drug-likeness (QED) is 0.180. The standard InChI is InChI=1S/C19H37N5O5S/c1-11(2)15(19(28)29)24-18(27)14(7-5-6-9-20)23-16(25)12(3)22-17(26)13(21)8-10-30-4/h11-15H,5-10,20-21H2,1-4H3,(H,22,26)(H,23,25)(H,24,27)(H,28,29). The molecule has 0 aromatic heterocycles. The molecule has 30 heavy (non-hydrogen) atoms. The van der Waals surface area contributed by atoms with Gasteiger partial charge in [-0.05, 0) is 57.1 Å². The van der Waals surface area contributed by atoms with Crippen molar-refractivity contribution in [1.29, 1.82) is 0 Å². The van der Waals surface area contributed by atoms with E-state index in [4.69, 9.17) is 11.5 Å². The predicted octanol–water partition coefficient (Wildman–Crippen LogP) is -0.589. The summed E-state index contributed by atoms with van der Waals surface area (Å²) in [5.41, 5.74) is 11.3. The van der Waals surface area contributed by atoms with E-state index in [1.165, 1.54) is 6.92 Å². The fourth-order valence-corrected chi connectivity index (χ4v) is 3.08. The number of thioether (sulfide) groups is 1. The second-order valence-corrected chi connectivity index (χ2v) is 8.52. The van der Waals surface area contributed by atoms with E-state index in [0.29, 0.717) is 32.2 Å². The van der Waals surface area contributed by atoms with Crippen LogP contribution in [0.1, 0.15) is 46.5 Å². The van der Waals surface area contributed by atoms with Crippen LogP contribution in [0.3, 0.4) is 0 Å². The largest absolute Gasteiger partial charge is 0.480 e. The number of carboxylic acid groups (broad SMARTS) is 1. The second kappa shape index (κ2) is 15.0. The second-order valence-electron chi connectivity index (χ2n) is 7.53. The first kappa shape index (κ1) is 28.1. The molecule has 0 rings (SSSR count). The van der Waals surface area contributed by atoms with Crippen molar-refractivity contribution in [2.45, 2.75) is 70.6 Å². The van der Waals surface area contributed by atoms with Crippen molar-refractivity contribution >= 4 is 35.5 Å². The van der Waals surface area contributed by atoms with Gasteiger partial charge in [0, 0.05) is 0 Å². The van der Waals surface area contributed by atoms with E-state index in [9.17, 15) is 24.3 Å². The molecule has 0 aliphatic carbocycles. The van der Waals surface area contributed by atoms with Gasteiger partial charge in [-0.15, -0.1) is 0 Å². The number of amides is 3. The first-order valence-corrected chi connectivity index (χ1v) is 11.5. The summed E-state index contributed by atoms with van der Waals surface area (Å²) in [7, 11) is 0. The topological polar surface area (TPSA) is 177 Å². The first-order chi connectivity index (χ1) is 14.0. The Hall–Kier alpha value is -1.85. The molecule has 0 saturated heterocycles. The minimum Gasteiger partial charge on any atom is -0.480 e. The van der Waals surface area contributed by atoms with E-state index >= 15 is 0 Å². The maximum atomic E-state index is 12.6. The van der Waals surface area contributed by atoms with Crippen molar-refractivity contribution in [3.63, 3.8) is 0 Å². The number of carbonyl (C=O) groups excluding carboxylic acids is 3. The maximum Gasteiger partial charge on any atom is 0.326 e. The number of carbonyl (C=O) groups is 4. The number of hydrogen-bond acceptors (Lipinski definition) is 7. The lowest BCUT2D eigenvalue weighted by atomic mass is 10.0. The number of aliphatic carboxylic acids is 1. The molecule has 174 valence electrons. The van der Waals surface area contributed by atoms with Gasteiger partial charge in [0.2, 0.25) is 17.7 Å². The smallest absolute Gasteiger partial charge is 0.326 e. The average molecular weight is 448 g/mol. The summed E-state index contributed by atoms with van der Waals surface area (Å²) < 4.78 is 0. The Kier molecular flexibility index (Phi) is 14.1. The maximum absolute atomic E-state index is 12.6. The van der Waals surface area contributed by atoms with Crippen LogP contribution in [0.2, 0.25) is 0 Å². The van der Waals surface area contributed by atoms with E-state index < -0.39 is 47.9 Å². The molecule has 4 unspecified atom stereocenters. The van der Waals surface area contributed by atoms with Crippen LogP contribution in [0.4, 0.5) is 0 Å². The van der Waals surface area contributed by atoms with Gasteiger partial charge in [-0.25, -0.2) is 4.79 Å². The molecule has 0 saturated carbocycles. The molecule has 0 bridgehead atoms. The monoisotopic (exact) mass is 447 g/mol. The van der Waals surface area contributed by atoms with Crippen molar-refractivity contribution in [3.05, 3.63) is 0 Å². The molecular weight excluding hydrogens is 410 g/mol. The van der Waals surface area contributed by atoms with Crippen LogP contribution in [-0.4, -0.2) is 71.5 Å². The van der Waals surface area contributed by atoms with Crippen LogP contribution in [0.15, 0.2) is 0 Å². The number of carboxylic acids is 1. The first-order valence-electron chi connectivity index (χ1n) is 10.1. The molecule has 0 fully saturated rings. The van der Waals surface area contributed by atoms with Crippen LogP contribution in [-0.2, 0) is 19.2 Å². The lowest BCUT2D eigenvalue weighted by Crippen LogP contribution is -2.57. The number of nitrogens with one attached hydrogen (secondary N) is 3. The molecule has 4 atom stereocenters. The minimum atomic E-state index is -1.15. The Morgan fingerprint density at radius 2 is 1.57 bits per heavy atom. The molecular formula is C19H37N5O5S. The summed E-state index contributed by atoms with van der Waals surface area (Å²) >= 11 is 1.57. The van der Waals surface area contributed by atoms with Crippen LogP contribution in [0, 0.1) is 5.92 Å². The molecule has 0 aromatic carbocycles. The zero-order valence-electron chi connectivity index (χ0n) is 18.3. The summed E-state index contributed by atoms with van der Waals surface area (Å²) in [6.45, 7) is 5.29. The molecule has 0 radical (unpaired) electrons. The fraction of sp³-hybridized carbons (Fsp3) is 0.789. The Labute approximate surface area is 182 Å². The van der Waals surface area contributed by atoms with Crippen molar-refractivity contribution in [1.82, 2.24) is 16.0 Å². The molecule has 0 aliphatic heterocycles. The Morgan fingerprint density at radius 1 is 0.933 bits per heavy atom. The van der Waals surface area contributed by atoms with Gasteiger partial charge >= 0.3 is 5.97 Å². The van der Waals surface area contributed by atoms with Crippen molar-refractivity contribution in [3.8, 4) is 0 Å². The highest BCUT2D eigenvalue weighted by atomic mass is 32.2. The summed E-state index contributed by atoms with van der Waals surface area (Å²) in [5.74, 6) is -2.33. The van der Waals surface area contributed by atoms with Gasteiger partial charge in [0.1, 0.15) is 18.1 Å². The van der Waals surface area contributed by atoms with Gasteiger partial charge in [-0.2, -0.15) is 11.8 Å². The normalized spacial score (nSPS) is 15.0. The minimum absolute atomic E-state index is 0.299. The van der Waals surface area contributed by atoms with E-state index in [1.54, 1.807) is 25.6 Å². The summed E-state index contributed by atoms with van der Waals surface area (Å²) in [4.78, 5) is 48.6. The number of nitrogens with two attached hydrogens (primary N) is 2. The Morgan fingerprint density at radius 3 is 2.07 bits per heavy atom. The van der Waals surface area contributed by atoms with Gasteiger partial charge in [0.15, 0.2) is 0 Å². The summed E-state index contributed by atoms with van der Waals surface area (Å²) in [5, 5.41) is 16.9. The van der Waals surface area contributed by atoms with E-state index in [2.05, 4.69) is 16.0 Å². The molecule has 8 N–H and O–H groups in total. The highest BCUT2D eigenvalue weighted by Crippen LogP contribution is 2.06. The van der Waals surface area contributed by atoms with Crippen LogP contribution < -0.4 is 27.4 Å². The molecule has 0 aliphatic rings. The van der Waals surface area contributed by atoms with Gasteiger partial charge in [0.25, 0.3) is 0 Å². The van der Waals surface area contributed by atoms with Gasteiger partial charge in [-0.1, -0.05) is 13.8 Å². The van der Waals surface area contributed by atoms with Gasteiger partial charge in [0.05, 0.1) is 6.04 Å². The van der Waals surface area contributed by atoms with Crippen LogP contribution >= 0.6 is 11.8 Å². The van der Waals surface area contributed by atoms with Gasteiger partial charge in [-0.3, -0.25) is 14.4 Å². The average Bonchev–Trinajstić information content (AvgIpc) is 2.68. The zero-order valence-corrected chi connectivity index (χ0v) is 19.1. The predicted molar refractivity (Wildman–Crippen MR) is 118 cm³/mol. The molecule has 10 nitrogen and oxygen atoms in total. The number of rotatable bonds is 15. The zero-order chi connectivity index (χ0) is 23.3. The van der Waals surface area contributed by atoms with Gasteiger partial charge < -0.3 is 32.5 Å².